The summed E-state index contributed by atoms with van der Waals surface area (Å²) in [6.45, 7) is 8.51. The van der Waals surface area contributed by atoms with Gasteiger partial charge in [-0.05, 0) is 62.0 Å². The van der Waals surface area contributed by atoms with E-state index in [0.717, 1.165) is 28.1 Å². The van der Waals surface area contributed by atoms with Gasteiger partial charge in [-0.1, -0.05) is 45.0 Å². The van der Waals surface area contributed by atoms with E-state index in [0.29, 0.717) is 45.2 Å². The molecule has 1 aliphatic heterocycles. The highest BCUT2D eigenvalue weighted by Crippen LogP contribution is 2.31. The van der Waals surface area contributed by atoms with E-state index in [1.165, 1.54) is 0 Å². The van der Waals surface area contributed by atoms with Crippen molar-refractivity contribution >= 4 is 35.0 Å². The number of nitrogens with one attached hydrogen (secondary N) is 2. The molecule has 3 amide bonds. The highest BCUT2D eigenvalue weighted by Gasteiger charge is 2.42. The molecular weight excluding hydrogens is 528 g/mol. The lowest BCUT2D eigenvalue weighted by molar-refractivity contribution is -0.146. The molecular formula is C30H40N4O5S. The van der Waals surface area contributed by atoms with E-state index in [9.17, 15) is 24.3 Å². The zero-order valence-corrected chi connectivity index (χ0v) is 24.6. The van der Waals surface area contributed by atoms with Crippen LogP contribution >= 0.6 is 11.3 Å². The summed E-state index contributed by atoms with van der Waals surface area (Å²) in [7, 11) is 0. The molecule has 2 aromatic rings. The van der Waals surface area contributed by atoms with Crippen LogP contribution in [0.5, 0.6) is 0 Å². The molecule has 0 radical (unpaired) electrons. The van der Waals surface area contributed by atoms with E-state index in [4.69, 9.17) is 0 Å². The van der Waals surface area contributed by atoms with Crippen LogP contribution in [0.4, 0.5) is 0 Å². The topological polar surface area (TPSA) is 129 Å². The molecule has 9 nitrogen and oxygen atoms in total. The predicted molar refractivity (Wildman–Crippen MR) is 153 cm³/mol. The van der Waals surface area contributed by atoms with Gasteiger partial charge in [0, 0.05) is 19.0 Å². The number of carbonyl (C=O) groups excluding carboxylic acids is 3. The number of aromatic nitrogens is 1. The predicted octanol–water partition coefficient (Wildman–Crippen LogP) is 4.15. The summed E-state index contributed by atoms with van der Waals surface area (Å²) in [6, 6.07) is 6.66. The number of aryl methyl sites for hydroxylation is 1. The third-order valence-electron chi connectivity index (χ3n) is 8.11. The number of hydrogen-bond donors (Lipinski definition) is 3. The molecule has 4 rings (SSSR count). The number of aliphatic carboxylic acids is 1. The van der Waals surface area contributed by atoms with Crippen molar-refractivity contribution in [2.75, 3.05) is 6.54 Å². The standard InChI is InChI=1S/C30H40N4O5S/c1-18-24(40-17-32-18)20-9-7-19(8-10-20)16-31-27(36)23-6-5-15-34(23)28(37)25(30(2,3)4)33-26(35)21-11-13-22(14-12-21)29(38)39/h7-10,17,21-23,25H,5-6,11-16H2,1-4H3,(H,31,36)(H,33,35)(H,38,39)/t21?,22?,23-,25+/m0/s1. The average Bonchev–Trinajstić information content (AvgIpc) is 3.59. The summed E-state index contributed by atoms with van der Waals surface area (Å²) in [5.41, 5.74) is 4.32. The molecule has 2 atom stereocenters. The van der Waals surface area contributed by atoms with Gasteiger partial charge in [0.15, 0.2) is 0 Å². The van der Waals surface area contributed by atoms with Crippen LogP contribution in [0, 0.1) is 24.2 Å². The summed E-state index contributed by atoms with van der Waals surface area (Å²) in [4.78, 5) is 58.4. The number of rotatable bonds is 8. The van der Waals surface area contributed by atoms with Crippen molar-refractivity contribution in [3.63, 3.8) is 0 Å². The largest absolute Gasteiger partial charge is 0.481 e. The monoisotopic (exact) mass is 568 g/mol. The van der Waals surface area contributed by atoms with Crippen LogP contribution in [-0.4, -0.2) is 57.3 Å². The minimum absolute atomic E-state index is 0.195. The van der Waals surface area contributed by atoms with E-state index >= 15 is 0 Å². The molecule has 40 heavy (non-hydrogen) atoms. The Balaban J connectivity index is 1.36. The van der Waals surface area contributed by atoms with E-state index in [2.05, 4.69) is 15.6 Å². The van der Waals surface area contributed by atoms with Crippen LogP contribution in [0.3, 0.4) is 0 Å². The van der Waals surface area contributed by atoms with Crippen LogP contribution in [0.25, 0.3) is 10.4 Å². The van der Waals surface area contributed by atoms with Crippen molar-refractivity contribution in [2.45, 2.75) is 84.8 Å². The average molecular weight is 569 g/mol. The lowest BCUT2D eigenvalue weighted by Gasteiger charge is -2.36. The number of hydrogen-bond acceptors (Lipinski definition) is 6. The molecule has 1 aromatic carbocycles. The molecule has 3 N–H and O–H groups in total. The van der Waals surface area contributed by atoms with Gasteiger partial charge in [-0.15, -0.1) is 11.3 Å². The third kappa shape index (κ3) is 6.89. The molecule has 0 unspecified atom stereocenters. The molecule has 1 aliphatic carbocycles. The fourth-order valence-electron chi connectivity index (χ4n) is 5.64. The number of likely N-dealkylation sites (tertiary alicyclic amines) is 1. The molecule has 2 heterocycles. The van der Waals surface area contributed by atoms with Gasteiger partial charge in [0.1, 0.15) is 12.1 Å². The van der Waals surface area contributed by atoms with E-state index in [1.54, 1.807) is 16.2 Å². The first-order valence-corrected chi connectivity index (χ1v) is 14.9. The Morgan fingerprint density at radius 2 is 1.68 bits per heavy atom. The third-order valence-corrected chi connectivity index (χ3v) is 9.09. The minimum Gasteiger partial charge on any atom is -0.481 e. The van der Waals surface area contributed by atoms with Crippen molar-refractivity contribution in [3.8, 4) is 10.4 Å². The van der Waals surface area contributed by atoms with Gasteiger partial charge in [-0.25, -0.2) is 4.98 Å². The molecule has 1 aromatic heterocycles. The highest BCUT2D eigenvalue weighted by molar-refractivity contribution is 7.13. The number of carboxylic acids is 1. The quantitative estimate of drug-likeness (QED) is 0.439. The number of thiazole rings is 1. The van der Waals surface area contributed by atoms with E-state index in [-0.39, 0.29) is 23.6 Å². The Kier molecular flexibility index (Phi) is 9.28. The second-order valence-corrected chi connectivity index (χ2v) is 12.9. The number of amides is 3. The van der Waals surface area contributed by atoms with Gasteiger partial charge in [-0.3, -0.25) is 19.2 Å². The van der Waals surface area contributed by atoms with Crippen LogP contribution in [-0.2, 0) is 25.7 Å². The van der Waals surface area contributed by atoms with E-state index in [1.807, 2.05) is 57.5 Å². The second kappa shape index (κ2) is 12.5. The molecule has 0 spiro atoms. The van der Waals surface area contributed by atoms with Crippen molar-refractivity contribution < 1.29 is 24.3 Å². The number of carbonyl (C=O) groups is 4. The van der Waals surface area contributed by atoms with Gasteiger partial charge in [0.05, 0.1) is 22.0 Å². The van der Waals surface area contributed by atoms with Crippen molar-refractivity contribution in [3.05, 3.63) is 41.0 Å². The molecule has 0 bridgehead atoms. The minimum atomic E-state index is -0.817. The number of benzene rings is 1. The first-order valence-electron chi connectivity index (χ1n) is 14.1. The van der Waals surface area contributed by atoms with Crippen LogP contribution in [0.2, 0.25) is 0 Å². The maximum Gasteiger partial charge on any atom is 0.306 e. The van der Waals surface area contributed by atoms with Gasteiger partial charge in [0.25, 0.3) is 0 Å². The summed E-state index contributed by atoms with van der Waals surface area (Å²) in [5, 5.41) is 15.2. The molecule has 216 valence electrons. The van der Waals surface area contributed by atoms with Crippen molar-refractivity contribution in [1.29, 1.82) is 0 Å². The van der Waals surface area contributed by atoms with Gasteiger partial charge in [-0.2, -0.15) is 0 Å². The Morgan fingerprint density at radius 1 is 1.02 bits per heavy atom. The van der Waals surface area contributed by atoms with Gasteiger partial charge in [0.2, 0.25) is 17.7 Å². The normalized spacial score (nSPS) is 22.0. The molecule has 1 saturated carbocycles. The maximum absolute atomic E-state index is 13.8. The molecule has 1 saturated heterocycles. The van der Waals surface area contributed by atoms with Crippen LogP contribution in [0.15, 0.2) is 29.8 Å². The Morgan fingerprint density at radius 3 is 2.25 bits per heavy atom. The number of nitrogens with zero attached hydrogens (tertiary/aromatic N) is 2. The molecule has 2 aliphatic rings. The van der Waals surface area contributed by atoms with Crippen LogP contribution in [0.1, 0.15) is 70.6 Å². The summed E-state index contributed by atoms with van der Waals surface area (Å²) >= 11 is 1.60. The zero-order chi connectivity index (χ0) is 29.0. The summed E-state index contributed by atoms with van der Waals surface area (Å²) in [5.74, 6) is -2.19. The lowest BCUT2D eigenvalue weighted by Crippen LogP contribution is -2.58. The first kappa shape index (κ1) is 29.7. The first-order chi connectivity index (χ1) is 19.0. The maximum atomic E-state index is 13.8. The fraction of sp³-hybridized carbons (Fsp3) is 0.567. The Hall–Kier alpha value is -3.27. The summed E-state index contributed by atoms with van der Waals surface area (Å²) in [6.07, 6.45) is 3.20. The lowest BCUT2D eigenvalue weighted by atomic mass is 9.80. The van der Waals surface area contributed by atoms with Gasteiger partial charge >= 0.3 is 5.97 Å². The Labute approximate surface area is 239 Å². The van der Waals surface area contributed by atoms with Crippen LogP contribution < -0.4 is 10.6 Å². The number of carboxylic acid groups (broad SMARTS) is 1. The molecule has 2 fully saturated rings. The smallest absolute Gasteiger partial charge is 0.306 e. The SMILES string of the molecule is Cc1ncsc1-c1ccc(CNC(=O)[C@@H]2CCCN2C(=O)[C@@H](NC(=O)C2CCC(C(=O)O)CC2)C(C)(C)C)cc1. The zero-order valence-electron chi connectivity index (χ0n) is 23.7. The Bertz CT molecular complexity index is 1230. The molecule has 10 heteroatoms. The van der Waals surface area contributed by atoms with Crippen molar-refractivity contribution in [2.24, 2.45) is 17.3 Å². The van der Waals surface area contributed by atoms with Gasteiger partial charge < -0.3 is 20.6 Å². The highest BCUT2D eigenvalue weighted by atomic mass is 32.1. The summed E-state index contributed by atoms with van der Waals surface area (Å²) < 4.78 is 0. The fourth-order valence-corrected chi connectivity index (χ4v) is 6.45. The van der Waals surface area contributed by atoms with E-state index < -0.39 is 29.4 Å². The van der Waals surface area contributed by atoms with Crippen molar-refractivity contribution in [1.82, 2.24) is 20.5 Å². The second-order valence-electron chi connectivity index (χ2n) is 12.1.